The van der Waals surface area contributed by atoms with Crippen LogP contribution in [-0.4, -0.2) is 15.0 Å². The number of nitrogens with zero attached hydrogens (tertiary/aromatic N) is 3. The molecule has 3 nitrogen and oxygen atoms in total. The van der Waals surface area contributed by atoms with Crippen LogP contribution in [0.2, 0.25) is 0 Å². The molecule has 1 aromatic heterocycles. The highest BCUT2D eigenvalue weighted by molar-refractivity contribution is 14.1. The Kier molecular flexibility index (Phi) is 3.40. The maximum absolute atomic E-state index is 4.08. The molecule has 1 unspecified atom stereocenters. The predicted octanol–water partition coefficient (Wildman–Crippen LogP) is 3.33. The summed E-state index contributed by atoms with van der Waals surface area (Å²) in [7, 11) is 0. The van der Waals surface area contributed by atoms with Gasteiger partial charge in [0.05, 0.1) is 22.4 Å². The second kappa shape index (κ2) is 4.61. The van der Waals surface area contributed by atoms with Crippen molar-refractivity contribution < 1.29 is 0 Å². The van der Waals surface area contributed by atoms with Crippen molar-refractivity contribution in [3.05, 3.63) is 39.7 Å². The average Bonchev–Trinajstić information content (AvgIpc) is 2.68. The Labute approximate surface area is 110 Å². The third-order valence-corrected chi connectivity index (χ3v) is 3.20. The fourth-order valence-electron chi connectivity index (χ4n) is 1.18. The van der Waals surface area contributed by atoms with E-state index in [4.69, 9.17) is 0 Å². The van der Waals surface area contributed by atoms with Gasteiger partial charge in [0.15, 0.2) is 0 Å². The van der Waals surface area contributed by atoms with E-state index in [1.54, 1.807) is 4.68 Å². The standard InChI is InChI=1S/C10H9BrIN3/c1-7(11)10-6-15(14-13-10)9-4-2-8(12)3-5-9/h2-7H,1H3. The molecule has 0 amide bonds. The number of aromatic nitrogens is 3. The lowest BCUT2D eigenvalue weighted by molar-refractivity contribution is 0.797. The van der Waals surface area contributed by atoms with Crippen LogP contribution in [0.15, 0.2) is 30.5 Å². The van der Waals surface area contributed by atoms with Crippen molar-refractivity contribution in [3.63, 3.8) is 0 Å². The van der Waals surface area contributed by atoms with Gasteiger partial charge in [-0.3, -0.25) is 0 Å². The number of rotatable bonds is 2. The van der Waals surface area contributed by atoms with Crippen molar-refractivity contribution >= 4 is 38.5 Å². The van der Waals surface area contributed by atoms with E-state index >= 15 is 0 Å². The number of hydrogen-bond acceptors (Lipinski definition) is 2. The second-order valence-electron chi connectivity index (χ2n) is 3.18. The molecule has 1 atom stereocenters. The van der Waals surface area contributed by atoms with Crippen LogP contribution in [0.25, 0.3) is 5.69 Å². The molecule has 2 rings (SSSR count). The Morgan fingerprint density at radius 3 is 2.53 bits per heavy atom. The maximum Gasteiger partial charge on any atom is 0.0965 e. The fraction of sp³-hybridized carbons (Fsp3) is 0.200. The van der Waals surface area contributed by atoms with E-state index in [0.717, 1.165) is 11.4 Å². The van der Waals surface area contributed by atoms with Crippen LogP contribution < -0.4 is 0 Å². The summed E-state index contributed by atoms with van der Waals surface area (Å²) in [6.07, 6.45) is 1.93. The molecular weight excluding hydrogens is 369 g/mol. The summed E-state index contributed by atoms with van der Waals surface area (Å²) in [5, 5.41) is 8.15. The minimum atomic E-state index is 0.232. The Balaban J connectivity index is 2.33. The van der Waals surface area contributed by atoms with E-state index in [9.17, 15) is 0 Å². The lowest BCUT2D eigenvalue weighted by atomic mass is 10.3. The first-order chi connectivity index (χ1) is 7.16. The van der Waals surface area contributed by atoms with Crippen LogP contribution in [0.4, 0.5) is 0 Å². The summed E-state index contributed by atoms with van der Waals surface area (Å²) >= 11 is 5.74. The molecule has 0 fully saturated rings. The topological polar surface area (TPSA) is 30.7 Å². The molecule has 2 aromatic rings. The molecule has 0 aliphatic rings. The SMILES string of the molecule is CC(Br)c1cn(-c2ccc(I)cc2)nn1. The Morgan fingerprint density at radius 2 is 2.00 bits per heavy atom. The van der Waals surface area contributed by atoms with E-state index in [0.29, 0.717) is 0 Å². The molecule has 15 heavy (non-hydrogen) atoms. The predicted molar refractivity (Wildman–Crippen MR) is 71.4 cm³/mol. The van der Waals surface area contributed by atoms with Gasteiger partial charge in [-0.25, -0.2) is 4.68 Å². The third-order valence-electron chi connectivity index (χ3n) is 2.01. The number of halogens is 2. The third kappa shape index (κ3) is 2.57. The summed E-state index contributed by atoms with van der Waals surface area (Å²) in [5.74, 6) is 0. The Hall–Kier alpha value is -0.430. The number of hydrogen-bond donors (Lipinski definition) is 0. The van der Waals surface area contributed by atoms with Gasteiger partial charge < -0.3 is 0 Å². The van der Waals surface area contributed by atoms with Gasteiger partial charge in [-0.1, -0.05) is 21.1 Å². The van der Waals surface area contributed by atoms with Gasteiger partial charge in [-0.2, -0.15) is 0 Å². The monoisotopic (exact) mass is 377 g/mol. The second-order valence-corrected chi connectivity index (χ2v) is 5.80. The van der Waals surface area contributed by atoms with E-state index in [2.05, 4.69) is 61.0 Å². The lowest BCUT2D eigenvalue weighted by Crippen LogP contribution is -1.94. The van der Waals surface area contributed by atoms with Crippen LogP contribution in [0, 0.1) is 3.57 Å². The van der Waals surface area contributed by atoms with Gasteiger partial charge in [0, 0.05) is 3.57 Å². The smallest absolute Gasteiger partial charge is 0.0965 e. The minimum Gasteiger partial charge on any atom is -0.220 e. The molecular formula is C10H9BrIN3. The molecule has 0 aliphatic heterocycles. The molecule has 1 heterocycles. The fourth-order valence-corrected chi connectivity index (χ4v) is 1.75. The molecule has 1 aromatic carbocycles. The quantitative estimate of drug-likeness (QED) is 0.593. The normalized spacial score (nSPS) is 12.7. The van der Waals surface area contributed by atoms with Crippen molar-refractivity contribution in [2.45, 2.75) is 11.8 Å². The maximum atomic E-state index is 4.08. The van der Waals surface area contributed by atoms with Gasteiger partial charge in [-0.15, -0.1) is 5.10 Å². The lowest BCUT2D eigenvalue weighted by Gasteiger charge is -1.99. The zero-order chi connectivity index (χ0) is 10.8. The van der Waals surface area contributed by atoms with Gasteiger partial charge >= 0.3 is 0 Å². The van der Waals surface area contributed by atoms with E-state index < -0.39 is 0 Å². The van der Waals surface area contributed by atoms with Crippen molar-refractivity contribution in [2.75, 3.05) is 0 Å². The number of alkyl halides is 1. The highest BCUT2D eigenvalue weighted by atomic mass is 127. The first kappa shape index (κ1) is 11.1. The zero-order valence-electron chi connectivity index (χ0n) is 8.06. The van der Waals surface area contributed by atoms with Gasteiger partial charge in [0.2, 0.25) is 0 Å². The first-order valence-electron chi connectivity index (χ1n) is 4.49. The van der Waals surface area contributed by atoms with Crippen LogP contribution >= 0.6 is 38.5 Å². The highest BCUT2D eigenvalue weighted by Gasteiger charge is 2.06. The molecule has 0 saturated carbocycles. The summed E-state index contributed by atoms with van der Waals surface area (Å²) in [5.41, 5.74) is 1.97. The Bertz CT molecular complexity index is 450. The van der Waals surface area contributed by atoms with Gasteiger partial charge in [-0.05, 0) is 53.8 Å². The molecule has 0 spiro atoms. The number of benzene rings is 1. The van der Waals surface area contributed by atoms with Crippen LogP contribution in [-0.2, 0) is 0 Å². The molecule has 78 valence electrons. The minimum absolute atomic E-state index is 0.232. The van der Waals surface area contributed by atoms with Crippen LogP contribution in [0.3, 0.4) is 0 Å². The van der Waals surface area contributed by atoms with Crippen molar-refractivity contribution in [1.29, 1.82) is 0 Å². The summed E-state index contributed by atoms with van der Waals surface area (Å²) < 4.78 is 2.99. The zero-order valence-corrected chi connectivity index (χ0v) is 11.8. The summed E-state index contributed by atoms with van der Waals surface area (Å²) in [6.45, 7) is 2.03. The molecule has 0 saturated heterocycles. The van der Waals surface area contributed by atoms with Crippen molar-refractivity contribution in [2.24, 2.45) is 0 Å². The van der Waals surface area contributed by atoms with Gasteiger partial charge in [0.25, 0.3) is 0 Å². The highest BCUT2D eigenvalue weighted by Crippen LogP contribution is 2.19. The summed E-state index contributed by atoms with van der Waals surface area (Å²) in [4.78, 5) is 0.232. The first-order valence-corrected chi connectivity index (χ1v) is 6.48. The van der Waals surface area contributed by atoms with Crippen molar-refractivity contribution in [1.82, 2.24) is 15.0 Å². The van der Waals surface area contributed by atoms with Crippen LogP contribution in [0.1, 0.15) is 17.4 Å². The van der Waals surface area contributed by atoms with Gasteiger partial charge in [0.1, 0.15) is 0 Å². The molecule has 0 aliphatic carbocycles. The van der Waals surface area contributed by atoms with Crippen LogP contribution in [0.5, 0.6) is 0 Å². The van der Waals surface area contributed by atoms with E-state index in [-0.39, 0.29) is 4.83 Å². The molecule has 0 N–H and O–H groups in total. The summed E-state index contributed by atoms with van der Waals surface area (Å²) in [6, 6.07) is 8.15. The molecule has 5 heteroatoms. The molecule has 0 bridgehead atoms. The van der Waals surface area contributed by atoms with E-state index in [1.165, 1.54) is 3.57 Å². The van der Waals surface area contributed by atoms with Crippen molar-refractivity contribution in [3.8, 4) is 5.69 Å². The largest absolute Gasteiger partial charge is 0.220 e. The molecule has 0 radical (unpaired) electrons. The Morgan fingerprint density at radius 1 is 1.33 bits per heavy atom. The van der Waals surface area contributed by atoms with E-state index in [1.807, 2.05) is 25.3 Å². The average molecular weight is 378 g/mol.